The minimum Gasteiger partial charge on any atom is -0.456 e. The fraction of sp³-hybridized carbons (Fsp3) is 0. The number of benzene rings is 7. The molecule has 3 aromatic heterocycles. The van der Waals surface area contributed by atoms with Crippen molar-refractivity contribution < 1.29 is 8.83 Å². The summed E-state index contributed by atoms with van der Waals surface area (Å²) in [5.74, 6) is 0. The van der Waals surface area contributed by atoms with Crippen LogP contribution in [0.4, 0.5) is 0 Å². The second-order valence-corrected chi connectivity index (χ2v) is 12.0. The van der Waals surface area contributed by atoms with Gasteiger partial charge in [-0.3, -0.25) is 0 Å². The van der Waals surface area contributed by atoms with Crippen LogP contribution < -0.4 is 0 Å². The first-order valence-corrected chi connectivity index (χ1v) is 14.6. The lowest BCUT2D eigenvalue weighted by molar-refractivity contribution is 0.669. The Morgan fingerprint density at radius 3 is 1.85 bits per heavy atom. The van der Waals surface area contributed by atoms with E-state index in [9.17, 15) is 0 Å². The molecule has 3 heterocycles. The second-order valence-electron chi connectivity index (χ2n) is 10.9. The first-order chi connectivity index (χ1) is 20.3. The Balaban J connectivity index is 1.37. The molecule has 0 bridgehead atoms. The van der Waals surface area contributed by atoms with Crippen molar-refractivity contribution in [3.8, 4) is 11.1 Å². The van der Waals surface area contributed by atoms with Gasteiger partial charge in [-0.1, -0.05) is 60.7 Å². The first kappa shape index (κ1) is 21.7. The van der Waals surface area contributed by atoms with Crippen LogP contribution in [0.25, 0.3) is 96.7 Å². The highest BCUT2D eigenvalue weighted by atomic mass is 32.1. The fourth-order valence-electron chi connectivity index (χ4n) is 6.72. The highest BCUT2D eigenvalue weighted by Crippen LogP contribution is 2.44. The zero-order valence-electron chi connectivity index (χ0n) is 21.8. The summed E-state index contributed by atoms with van der Waals surface area (Å²) in [5.41, 5.74) is 6.07. The van der Waals surface area contributed by atoms with Crippen LogP contribution in [0.2, 0.25) is 0 Å². The van der Waals surface area contributed by atoms with Crippen molar-refractivity contribution >= 4 is 96.9 Å². The minimum atomic E-state index is 0.912. The van der Waals surface area contributed by atoms with E-state index in [1.807, 2.05) is 29.5 Å². The van der Waals surface area contributed by atoms with Crippen molar-refractivity contribution in [1.82, 2.24) is 0 Å². The van der Waals surface area contributed by atoms with Gasteiger partial charge in [0, 0.05) is 41.7 Å². The van der Waals surface area contributed by atoms with E-state index < -0.39 is 0 Å². The van der Waals surface area contributed by atoms with E-state index in [1.165, 1.54) is 52.8 Å². The van der Waals surface area contributed by atoms with Crippen LogP contribution in [0.3, 0.4) is 0 Å². The molecule has 41 heavy (non-hydrogen) atoms. The van der Waals surface area contributed by atoms with Gasteiger partial charge in [-0.05, 0) is 93.3 Å². The molecule has 0 saturated carbocycles. The number of hydrogen-bond donors (Lipinski definition) is 0. The minimum absolute atomic E-state index is 0.912. The molecule has 190 valence electrons. The van der Waals surface area contributed by atoms with Crippen LogP contribution in [0.5, 0.6) is 0 Å². The van der Waals surface area contributed by atoms with Gasteiger partial charge in [0.05, 0.1) is 0 Å². The van der Waals surface area contributed by atoms with Gasteiger partial charge < -0.3 is 8.83 Å². The van der Waals surface area contributed by atoms with Crippen molar-refractivity contribution in [1.29, 1.82) is 0 Å². The summed E-state index contributed by atoms with van der Waals surface area (Å²) in [7, 11) is 0. The molecule has 0 aliphatic rings. The van der Waals surface area contributed by atoms with E-state index in [2.05, 4.69) is 103 Å². The molecule has 0 radical (unpaired) electrons. The number of thiophene rings is 1. The Labute approximate surface area is 237 Å². The lowest BCUT2D eigenvalue weighted by Gasteiger charge is -2.12. The van der Waals surface area contributed by atoms with Gasteiger partial charge in [0.2, 0.25) is 0 Å². The molecule has 0 aliphatic heterocycles. The van der Waals surface area contributed by atoms with Crippen molar-refractivity contribution in [2.75, 3.05) is 0 Å². The highest BCUT2D eigenvalue weighted by Gasteiger charge is 2.17. The van der Waals surface area contributed by atoms with E-state index in [0.29, 0.717) is 0 Å². The van der Waals surface area contributed by atoms with E-state index in [-0.39, 0.29) is 0 Å². The molecule has 0 spiro atoms. The van der Waals surface area contributed by atoms with Crippen molar-refractivity contribution in [3.63, 3.8) is 0 Å². The van der Waals surface area contributed by atoms with Crippen LogP contribution in [0.15, 0.2) is 130 Å². The Hall–Kier alpha value is -5.12. The summed E-state index contributed by atoms with van der Waals surface area (Å²) in [4.78, 5) is 0. The van der Waals surface area contributed by atoms with Crippen molar-refractivity contribution in [2.45, 2.75) is 0 Å². The summed E-state index contributed by atoms with van der Waals surface area (Å²) in [6.45, 7) is 0. The average Bonchev–Trinajstić information content (AvgIpc) is 3.69. The third-order valence-electron chi connectivity index (χ3n) is 8.63. The average molecular weight is 541 g/mol. The summed E-state index contributed by atoms with van der Waals surface area (Å²) in [6, 6.07) is 43.6. The molecule has 0 aliphatic carbocycles. The van der Waals surface area contributed by atoms with Crippen LogP contribution in [-0.4, -0.2) is 0 Å². The number of fused-ring (bicyclic) bond motifs is 12. The Morgan fingerprint density at radius 1 is 0.366 bits per heavy atom. The van der Waals surface area contributed by atoms with Gasteiger partial charge in [0.25, 0.3) is 0 Å². The topological polar surface area (TPSA) is 26.3 Å². The molecule has 10 aromatic rings. The molecular weight excluding hydrogens is 520 g/mol. The predicted molar refractivity (Wildman–Crippen MR) is 174 cm³/mol. The largest absolute Gasteiger partial charge is 0.456 e. The third-order valence-corrected chi connectivity index (χ3v) is 9.77. The first-order valence-electron chi connectivity index (χ1n) is 13.8. The van der Waals surface area contributed by atoms with E-state index in [1.54, 1.807) is 0 Å². The maximum Gasteiger partial charge on any atom is 0.136 e. The van der Waals surface area contributed by atoms with Crippen LogP contribution in [-0.2, 0) is 0 Å². The summed E-state index contributed by atoms with van der Waals surface area (Å²) >= 11 is 1.87. The number of rotatable bonds is 1. The molecule has 10 rings (SSSR count). The SMILES string of the molecule is c1ccc2c(c1)oc1ccc(-c3cc4cc5oc6ccccc6c5cc4c4cc5sc6ccccc6c5cc34)cc12. The van der Waals surface area contributed by atoms with Gasteiger partial charge in [0.1, 0.15) is 22.3 Å². The quantitative estimate of drug-likeness (QED) is 0.194. The van der Waals surface area contributed by atoms with Crippen molar-refractivity contribution in [3.05, 3.63) is 121 Å². The van der Waals surface area contributed by atoms with Gasteiger partial charge in [-0.2, -0.15) is 0 Å². The molecule has 0 amide bonds. The van der Waals surface area contributed by atoms with Gasteiger partial charge in [0.15, 0.2) is 0 Å². The normalized spacial score (nSPS) is 12.4. The molecule has 0 fully saturated rings. The Kier molecular flexibility index (Phi) is 4.10. The summed E-state index contributed by atoms with van der Waals surface area (Å²) < 4.78 is 15.1. The molecular formula is C38H20O2S. The standard InChI is InChI=1S/C38H20O2S/c1-4-10-33-23(7-1)30-15-21(13-14-35(30)39-33)26-16-22-17-36-31(24-8-2-5-11-34(24)40-36)18-27(22)29-20-38-32(19-28(26)29)25-9-3-6-12-37(25)41-38/h1-20H. The lowest BCUT2D eigenvalue weighted by atomic mass is 9.91. The monoisotopic (exact) mass is 540 g/mol. The van der Waals surface area contributed by atoms with E-state index in [4.69, 9.17) is 8.83 Å². The second kappa shape index (κ2) is 7.75. The maximum atomic E-state index is 6.31. The Morgan fingerprint density at radius 2 is 1.02 bits per heavy atom. The number of hydrogen-bond acceptors (Lipinski definition) is 3. The molecule has 0 saturated heterocycles. The highest BCUT2D eigenvalue weighted by molar-refractivity contribution is 7.25. The number of para-hydroxylation sites is 2. The Bertz CT molecular complexity index is 2700. The molecule has 3 heteroatoms. The van der Waals surface area contributed by atoms with Gasteiger partial charge in [-0.15, -0.1) is 11.3 Å². The fourth-order valence-corrected chi connectivity index (χ4v) is 7.85. The lowest BCUT2D eigenvalue weighted by Crippen LogP contribution is -1.86. The third kappa shape index (κ3) is 2.96. The van der Waals surface area contributed by atoms with Crippen molar-refractivity contribution in [2.24, 2.45) is 0 Å². The van der Waals surface area contributed by atoms with E-state index in [0.717, 1.165) is 43.9 Å². The van der Waals surface area contributed by atoms with E-state index >= 15 is 0 Å². The zero-order valence-corrected chi connectivity index (χ0v) is 22.6. The predicted octanol–water partition coefficient (Wildman–Crippen LogP) is 11.8. The van der Waals surface area contributed by atoms with Gasteiger partial charge in [-0.25, -0.2) is 0 Å². The number of furan rings is 2. The van der Waals surface area contributed by atoms with Crippen LogP contribution in [0.1, 0.15) is 0 Å². The molecule has 0 atom stereocenters. The van der Waals surface area contributed by atoms with Crippen LogP contribution >= 0.6 is 11.3 Å². The van der Waals surface area contributed by atoms with Crippen LogP contribution in [0, 0.1) is 0 Å². The molecule has 0 N–H and O–H groups in total. The maximum absolute atomic E-state index is 6.31. The van der Waals surface area contributed by atoms with Gasteiger partial charge >= 0.3 is 0 Å². The summed E-state index contributed by atoms with van der Waals surface area (Å²) in [6.07, 6.45) is 0. The zero-order chi connectivity index (χ0) is 26.7. The molecule has 0 unspecified atom stereocenters. The smallest absolute Gasteiger partial charge is 0.136 e. The summed E-state index contributed by atoms with van der Waals surface area (Å²) in [5, 5.41) is 12.2. The molecule has 2 nitrogen and oxygen atoms in total. The molecule has 7 aromatic carbocycles.